The zero-order valence-corrected chi connectivity index (χ0v) is 8.83. The molecule has 0 aliphatic rings. The highest BCUT2D eigenvalue weighted by atomic mass is 16.5. The van der Waals surface area contributed by atoms with Crippen molar-refractivity contribution >= 4 is 0 Å². The fourth-order valence-corrected chi connectivity index (χ4v) is 1.28. The number of hydrogen-bond donors (Lipinski definition) is 0. The van der Waals surface area contributed by atoms with Gasteiger partial charge in [-0.05, 0) is 31.0 Å². The van der Waals surface area contributed by atoms with Crippen LogP contribution in [0.3, 0.4) is 0 Å². The second-order valence-corrected chi connectivity index (χ2v) is 3.48. The minimum absolute atomic E-state index is 0.781. The fraction of sp³-hybridized carbons (Fsp3) is 0.462. The van der Waals surface area contributed by atoms with Crippen molar-refractivity contribution in [3.05, 3.63) is 36.8 Å². The molecular weight excluding hydrogens is 172 g/mol. The molecule has 0 N–H and O–H groups in total. The maximum atomic E-state index is 5.57. The van der Waals surface area contributed by atoms with Crippen LogP contribution in [0.2, 0.25) is 0 Å². The number of benzene rings is 1. The largest absolute Gasteiger partial charge is 0.494 e. The molecule has 0 heterocycles. The number of ether oxygens (including phenoxy) is 1. The Morgan fingerprint density at radius 1 is 1.07 bits per heavy atom. The van der Waals surface area contributed by atoms with Gasteiger partial charge in [-0.15, -0.1) is 0 Å². The summed E-state index contributed by atoms with van der Waals surface area (Å²) in [6.07, 6.45) is 4.96. The monoisotopic (exact) mass is 190 g/mol. The summed E-state index contributed by atoms with van der Waals surface area (Å²) < 4.78 is 5.55. The van der Waals surface area contributed by atoms with Gasteiger partial charge >= 0.3 is 0 Å². The Morgan fingerprint density at radius 2 is 1.79 bits per heavy atom. The second kappa shape index (κ2) is 6.47. The molecule has 1 rings (SSSR count). The molecule has 0 aromatic heterocycles. The Kier molecular flexibility index (Phi) is 5.13. The van der Waals surface area contributed by atoms with Gasteiger partial charge in [-0.3, -0.25) is 0 Å². The Morgan fingerprint density at radius 3 is 2.43 bits per heavy atom. The highest BCUT2D eigenvalue weighted by Crippen LogP contribution is 2.12. The van der Waals surface area contributed by atoms with E-state index in [1.54, 1.807) is 0 Å². The van der Waals surface area contributed by atoms with E-state index in [1.165, 1.54) is 19.3 Å². The Hall–Kier alpha value is -0.980. The average Bonchev–Trinajstić information content (AvgIpc) is 2.21. The van der Waals surface area contributed by atoms with E-state index in [0.29, 0.717) is 0 Å². The van der Waals surface area contributed by atoms with E-state index in [-0.39, 0.29) is 0 Å². The summed E-state index contributed by atoms with van der Waals surface area (Å²) in [5, 5.41) is 0. The molecule has 0 spiro atoms. The summed E-state index contributed by atoms with van der Waals surface area (Å²) in [5.74, 6) is 0.913. The lowest BCUT2D eigenvalue weighted by molar-refractivity contribution is 0.305. The molecule has 0 saturated carbocycles. The highest BCUT2D eigenvalue weighted by Gasteiger charge is 1.92. The van der Waals surface area contributed by atoms with Gasteiger partial charge in [-0.1, -0.05) is 38.3 Å². The van der Waals surface area contributed by atoms with Crippen molar-refractivity contribution in [1.82, 2.24) is 0 Å². The van der Waals surface area contributed by atoms with Crippen molar-refractivity contribution in [3.63, 3.8) is 0 Å². The zero-order valence-electron chi connectivity index (χ0n) is 8.83. The molecule has 14 heavy (non-hydrogen) atoms. The Balaban J connectivity index is 2.15. The fourth-order valence-electron chi connectivity index (χ4n) is 1.28. The van der Waals surface area contributed by atoms with Gasteiger partial charge in [0.05, 0.1) is 6.61 Å². The molecule has 1 aromatic rings. The molecule has 0 aliphatic heterocycles. The van der Waals surface area contributed by atoms with E-state index in [1.807, 2.05) is 24.3 Å². The average molecular weight is 190 g/mol. The van der Waals surface area contributed by atoms with E-state index in [2.05, 4.69) is 6.92 Å². The first-order valence-electron chi connectivity index (χ1n) is 5.31. The summed E-state index contributed by atoms with van der Waals surface area (Å²) in [7, 11) is 0. The van der Waals surface area contributed by atoms with Gasteiger partial charge in [0.1, 0.15) is 5.75 Å². The second-order valence-electron chi connectivity index (χ2n) is 3.48. The number of unbranched alkanes of at least 4 members (excludes halogenated alkanes) is 3. The van der Waals surface area contributed by atoms with Crippen LogP contribution < -0.4 is 4.74 Å². The molecule has 1 aromatic carbocycles. The maximum Gasteiger partial charge on any atom is 0.119 e. The minimum atomic E-state index is 0.781. The van der Waals surface area contributed by atoms with E-state index in [9.17, 15) is 0 Å². The van der Waals surface area contributed by atoms with Crippen LogP contribution in [0.4, 0.5) is 0 Å². The van der Waals surface area contributed by atoms with Crippen LogP contribution in [0.1, 0.15) is 38.2 Å². The summed E-state index contributed by atoms with van der Waals surface area (Å²) in [4.78, 5) is 0. The van der Waals surface area contributed by atoms with Crippen LogP contribution >= 0.6 is 0 Å². The van der Waals surface area contributed by atoms with Gasteiger partial charge in [-0.25, -0.2) is 0 Å². The normalized spacial score (nSPS) is 10.1. The molecule has 76 valence electrons. The Labute approximate surface area is 87.1 Å². The van der Waals surface area contributed by atoms with Crippen LogP contribution in [0.25, 0.3) is 0 Å². The first-order valence-corrected chi connectivity index (χ1v) is 5.31. The molecule has 2 radical (unpaired) electrons. The van der Waals surface area contributed by atoms with Crippen LogP contribution in [0.15, 0.2) is 24.3 Å². The third kappa shape index (κ3) is 4.31. The van der Waals surface area contributed by atoms with E-state index >= 15 is 0 Å². The molecule has 0 atom stereocenters. The standard InChI is InChI=1S/C13H18O/c1-3-4-5-6-11-14-13-9-7-12(2)8-10-13/h2,7-10H,3-6,11H2,1H3. The van der Waals surface area contributed by atoms with Gasteiger partial charge in [0.25, 0.3) is 0 Å². The molecule has 0 bridgehead atoms. The predicted octanol–water partition coefficient (Wildman–Crippen LogP) is 3.70. The summed E-state index contributed by atoms with van der Waals surface area (Å²) in [6, 6.07) is 7.55. The Bertz CT molecular complexity index is 238. The van der Waals surface area contributed by atoms with Gasteiger partial charge in [0.15, 0.2) is 0 Å². The van der Waals surface area contributed by atoms with Crippen molar-refractivity contribution in [1.29, 1.82) is 0 Å². The first-order chi connectivity index (χ1) is 6.83. The number of hydrogen-bond acceptors (Lipinski definition) is 1. The molecule has 0 aliphatic carbocycles. The SMILES string of the molecule is [CH]c1ccc(OCCCCCC)cc1. The minimum Gasteiger partial charge on any atom is -0.494 e. The first kappa shape index (κ1) is 11.1. The molecule has 1 nitrogen and oxygen atoms in total. The van der Waals surface area contributed by atoms with E-state index < -0.39 is 0 Å². The zero-order chi connectivity index (χ0) is 10.2. The van der Waals surface area contributed by atoms with Crippen LogP contribution in [0, 0.1) is 6.92 Å². The van der Waals surface area contributed by atoms with Crippen molar-refractivity contribution in [2.24, 2.45) is 0 Å². The van der Waals surface area contributed by atoms with Gasteiger partial charge in [0.2, 0.25) is 0 Å². The highest BCUT2D eigenvalue weighted by molar-refractivity contribution is 5.28. The molecule has 0 unspecified atom stereocenters. The molecule has 1 heteroatoms. The number of rotatable bonds is 6. The molecule has 0 saturated heterocycles. The molecular formula is C13H18O. The van der Waals surface area contributed by atoms with Gasteiger partial charge in [-0.2, -0.15) is 0 Å². The molecule has 0 fully saturated rings. The van der Waals surface area contributed by atoms with E-state index in [0.717, 1.165) is 24.3 Å². The summed E-state index contributed by atoms with van der Waals surface area (Å²) in [6.45, 7) is 8.58. The molecule has 0 amide bonds. The van der Waals surface area contributed by atoms with Crippen LogP contribution in [0.5, 0.6) is 5.75 Å². The lowest BCUT2D eigenvalue weighted by Crippen LogP contribution is -1.96. The van der Waals surface area contributed by atoms with Crippen molar-refractivity contribution in [2.75, 3.05) is 6.61 Å². The van der Waals surface area contributed by atoms with Crippen LogP contribution in [-0.4, -0.2) is 6.61 Å². The lowest BCUT2D eigenvalue weighted by Gasteiger charge is -2.05. The van der Waals surface area contributed by atoms with Gasteiger partial charge in [0, 0.05) is 0 Å². The topological polar surface area (TPSA) is 9.23 Å². The summed E-state index contributed by atoms with van der Waals surface area (Å²) in [5.41, 5.74) is 0.781. The smallest absolute Gasteiger partial charge is 0.119 e. The van der Waals surface area contributed by atoms with Crippen LogP contribution in [-0.2, 0) is 0 Å². The van der Waals surface area contributed by atoms with Gasteiger partial charge < -0.3 is 4.74 Å². The lowest BCUT2D eigenvalue weighted by atomic mass is 10.2. The van der Waals surface area contributed by atoms with Crippen molar-refractivity contribution < 1.29 is 4.74 Å². The summed E-state index contributed by atoms with van der Waals surface area (Å²) >= 11 is 0. The predicted molar refractivity (Wildman–Crippen MR) is 59.5 cm³/mol. The maximum absolute atomic E-state index is 5.57. The van der Waals surface area contributed by atoms with Crippen molar-refractivity contribution in [3.8, 4) is 5.75 Å². The third-order valence-corrected chi connectivity index (χ3v) is 2.15. The quantitative estimate of drug-likeness (QED) is 0.621. The van der Waals surface area contributed by atoms with E-state index in [4.69, 9.17) is 11.7 Å². The third-order valence-electron chi connectivity index (χ3n) is 2.15. The van der Waals surface area contributed by atoms with Crippen molar-refractivity contribution in [2.45, 2.75) is 32.6 Å².